The molecule has 4 N–H and O–H groups in total. The molecule has 0 aromatic carbocycles. The van der Waals surface area contributed by atoms with Gasteiger partial charge in [0.1, 0.15) is 0 Å². The second kappa shape index (κ2) is 4.97. The van der Waals surface area contributed by atoms with E-state index in [9.17, 15) is 28.7 Å². The molecule has 17 heavy (non-hydrogen) atoms. The van der Waals surface area contributed by atoms with Crippen LogP contribution in [0, 0.1) is 5.92 Å². The first-order chi connectivity index (χ1) is 7.64. The van der Waals surface area contributed by atoms with E-state index in [0.29, 0.717) is 12.6 Å². The van der Waals surface area contributed by atoms with Gasteiger partial charge in [-0.05, 0) is 24.1 Å². The smallest absolute Gasteiger partial charge is 0.323 e. The highest BCUT2D eigenvalue weighted by Gasteiger charge is 2.60. The number of aliphatic imine (C=N–C) groups is 1. The molecule has 0 aliphatic carbocycles. The predicted octanol–water partition coefficient (Wildman–Crippen LogP) is 0.519. The third kappa shape index (κ3) is 2.90. The lowest BCUT2D eigenvalue weighted by molar-refractivity contribution is 0.308. The van der Waals surface area contributed by atoms with Crippen LogP contribution in [0.5, 0.6) is 0 Å². The molecule has 1 unspecified atom stereocenters. The first kappa shape index (κ1) is 15.1. The Hall–Kier alpha value is 0.0600. The van der Waals surface area contributed by atoms with Gasteiger partial charge in [0.2, 0.25) is 4.90 Å². The summed E-state index contributed by atoms with van der Waals surface area (Å²) in [6.07, 6.45) is 0.723. The van der Waals surface area contributed by atoms with Crippen LogP contribution in [0.4, 0.5) is 0 Å². The van der Waals surface area contributed by atoms with Crippen LogP contribution in [0.25, 0.3) is 0 Å². The van der Waals surface area contributed by atoms with Crippen LogP contribution < -0.4 is 0 Å². The summed E-state index contributed by atoms with van der Waals surface area (Å²) >= 11 is 4.63. The molecule has 0 fully saturated rings. The quantitative estimate of drug-likeness (QED) is 0.440. The van der Waals surface area contributed by atoms with E-state index in [1.165, 1.54) is 5.37 Å². The molecule has 0 amide bonds. The largest absolute Gasteiger partial charge is 0.349 e. The number of thiocarbonyl (C=S) groups is 1. The minimum atomic E-state index is -5.01. The van der Waals surface area contributed by atoms with E-state index < -0.39 is 20.1 Å². The molecule has 0 aromatic rings. The van der Waals surface area contributed by atoms with Crippen LogP contribution in [0.2, 0.25) is 0 Å². The number of hydrogen-bond donors (Lipinski definition) is 4. The molecule has 0 aromatic heterocycles. The van der Waals surface area contributed by atoms with E-state index in [0.717, 1.165) is 0 Å². The van der Waals surface area contributed by atoms with E-state index in [-0.39, 0.29) is 18.9 Å². The van der Waals surface area contributed by atoms with Gasteiger partial charge in [0.25, 0.3) is 0 Å². The van der Waals surface area contributed by atoms with Crippen molar-refractivity contribution in [1.82, 2.24) is 0 Å². The molecule has 0 spiro atoms. The fourth-order valence-corrected chi connectivity index (χ4v) is 4.83. The van der Waals surface area contributed by atoms with Crippen molar-refractivity contribution in [1.29, 1.82) is 0 Å². The van der Waals surface area contributed by atoms with Gasteiger partial charge >= 0.3 is 15.2 Å². The van der Waals surface area contributed by atoms with E-state index in [2.05, 4.69) is 17.2 Å². The molecule has 1 aliphatic heterocycles. The highest BCUT2D eigenvalue weighted by atomic mass is 32.1. The van der Waals surface area contributed by atoms with E-state index >= 15 is 0 Å². The summed E-state index contributed by atoms with van der Waals surface area (Å²) in [5.41, 5.74) is 0. The Labute approximate surface area is 103 Å². The van der Waals surface area contributed by atoms with Gasteiger partial charge in [-0.3, -0.25) is 14.1 Å². The molecule has 1 atom stereocenters. The van der Waals surface area contributed by atoms with Gasteiger partial charge < -0.3 is 19.6 Å². The summed E-state index contributed by atoms with van der Waals surface area (Å²) in [4.78, 5) is 38.0. The second-order valence-electron chi connectivity index (χ2n) is 3.93. The first-order valence-electron chi connectivity index (χ1n) is 4.70. The van der Waals surface area contributed by atoms with Crippen LogP contribution in [0.3, 0.4) is 0 Å². The molecule has 7 nitrogen and oxygen atoms in total. The van der Waals surface area contributed by atoms with Crippen molar-refractivity contribution in [3.05, 3.63) is 0 Å². The Morgan fingerprint density at radius 3 is 2.29 bits per heavy atom. The zero-order chi connectivity index (χ0) is 13.3. The summed E-state index contributed by atoms with van der Waals surface area (Å²) in [7, 11) is -10.0. The average Bonchev–Trinajstić information content (AvgIpc) is 2.15. The third-order valence-corrected chi connectivity index (χ3v) is 7.06. The van der Waals surface area contributed by atoms with Crippen molar-refractivity contribution in [3.8, 4) is 0 Å². The standard InChI is InChI=1S/C7H13NO6P2S/c9-15(10,11)7(16(12,13)14)3-6(1-2-17)4-8-5-7/h2,5-6H,1,3-4H2,(H2,9,10,11)(H2,12,13,14). The monoisotopic (exact) mass is 301 g/mol. The number of nitrogens with zero attached hydrogens (tertiary/aromatic N) is 1. The van der Waals surface area contributed by atoms with Crippen molar-refractivity contribution < 1.29 is 28.7 Å². The zero-order valence-electron chi connectivity index (χ0n) is 8.71. The molecule has 1 heterocycles. The molecule has 1 aliphatic rings. The number of rotatable bonds is 4. The van der Waals surface area contributed by atoms with Crippen LogP contribution in [-0.4, -0.2) is 42.6 Å². The molecular weight excluding hydrogens is 288 g/mol. The van der Waals surface area contributed by atoms with E-state index in [1.54, 1.807) is 0 Å². The predicted molar refractivity (Wildman–Crippen MR) is 66.6 cm³/mol. The second-order valence-corrected chi connectivity index (χ2v) is 8.39. The topological polar surface area (TPSA) is 127 Å². The van der Waals surface area contributed by atoms with Gasteiger partial charge in [0.05, 0.1) is 0 Å². The lowest BCUT2D eigenvalue weighted by Gasteiger charge is -2.36. The summed E-state index contributed by atoms with van der Waals surface area (Å²) in [5, 5.41) is 1.37. The minimum absolute atomic E-state index is 0.259. The van der Waals surface area contributed by atoms with Crippen molar-refractivity contribution in [3.63, 3.8) is 0 Å². The van der Waals surface area contributed by atoms with Gasteiger partial charge in [-0.1, -0.05) is 12.2 Å². The molecule has 1 rings (SSSR count). The Morgan fingerprint density at radius 2 is 1.88 bits per heavy atom. The SMILES string of the molecule is O=P(O)(O)C1(P(=O)(O)O)C=NCC(CC=S)C1. The Kier molecular flexibility index (Phi) is 4.42. The van der Waals surface area contributed by atoms with Gasteiger partial charge in [-0.25, -0.2) is 0 Å². The average molecular weight is 301 g/mol. The first-order valence-corrected chi connectivity index (χ1v) is 8.39. The lowest BCUT2D eigenvalue weighted by atomic mass is 9.98. The van der Waals surface area contributed by atoms with Gasteiger partial charge in [0, 0.05) is 12.8 Å². The Balaban J connectivity index is 3.23. The van der Waals surface area contributed by atoms with Gasteiger partial charge in [-0.2, -0.15) is 0 Å². The fraction of sp³-hybridized carbons (Fsp3) is 0.714. The molecule has 10 heteroatoms. The van der Waals surface area contributed by atoms with Gasteiger partial charge in [0.15, 0.2) is 0 Å². The Morgan fingerprint density at radius 1 is 1.35 bits per heavy atom. The number of hydrogen-bond acceptors (Lipinski definition) is 4. The maximum absolute atomic E-state index is 11.4. The molecule has 0 bridgehead atoms. The van der Waals surface area contributed by atoms with Crippen molar-refractivity contribution in [2.75, 3.05) is 6.54 Å². The summed E-state index contributed by atoms with van der Waals surface area (Å²) in [6.45, 7) is 0.259. The van der Waals surface area contributed by atoms with Crippen molar-refractivity contribution in [2.24, 2.45) is 10.9 Å². The fourth-order valence-electron chi connectivity index (χ4n) is 1.74. The molecular formula is C7H13NO6P2S. The van der Waals surface area contributed by atoms with E-state index in [4.69, 9.17) is 0 Å². The summed E-state index contributed by atoms with van der Waals surface area (Å²) < 4.78 is 22.8. The van der Waals surface area contributed by atoms with Crippen LogP contribution >= 0.6 is 27.4 Å². The van der Waals surface area contributed by atoms with E-state index in [1.807, 2.05) is 0 Å². The molecule has 98 valence electrons. The highest BCUT2D eigenvalue weighted by Crippen LogP contribution is 2.71. The maximum atomic E-state index is 11.4. The molecule has 0 saturated carbocycles. The molecule has 0 saturated heterocycles. The normalized spacial score (nSPS) is 24.6. The minimum Gasteiger partial charge on any atom is -0.323 e. The zero-order valence-corrected chi connectivity index (χ0v) is 11.3. The van der Waals surface area contributed by atoms with Crippen molar-refractivity contribution in [2.45, 2.75) is 17.7 Å². The van der Waals surface area contributed by atoms with Crippen LogP contribution in [-0.2, 0) is 9.13 Å². The maximum Gasteiger partial charge on any atom is 0.349 e. The Bertz CT molecular complexity index is 404. The van der Waals surface area contributed by atoms with Crippen LogP contribution in [0.15, 0.2) is 4.99 Å². The van der Waals surface area contributed by atoms with Crippen molar-refractivity contribution >= 4 is 39.0 Å². The lowest BCUT2D eigenvalue weighted by Crippen LogP contribution is -2.37. The van der Waals surface area contributed by atoms with Crippen LogP contribution in [0.1, 0.15) is 12.8 Å². The molecule has 0 radical (unpaired) electrons. The summed E-state index contributed by atoms with van der Waals surface area (Å²) in [6, 6.07) is 0. The third-order valence-electron chi connectivity index (χ3n) is 2.69. The van der Waals surface area contributed by atoms with Gasteiger partial charge in [-0.15, -0.1) is 0 Å². The highest BCUT2D eigenvalue weighted by molar-refractivity contribution is 7.79. The summed E-state index contributed by atoms with van der Waals surface area (Å²) in [5.74, 6) is -0.363.